The first-order valence-electron chi connectivity index (χ1n) is 6.06. The summed E-state index contributed by atoms with van der Waals surface area (Å²) in [6.07, 6.45) is 4.82. The van der Waals surface area contributed by atoms with E-state index < -0.39 is 0 Å². The second-order valence-corrected chi connectivity index (χ2v) is 4.92. The van der Waals surface area contributed by atoms with Gasteiger partial charge in [0.15, 0.2) is 0 Å². The Labute approximate surface area is 130 Å². The summed E-state index contributed by atoms with van der Waals surface area (Å²) in [5.41, 5.74) is 10.8. The summed E-state index contributed by atoms with van der Waals surface area (Å²) in [5.74, 6) is 0.810. The average Bonchev–Trinajstić information content (AvgIpc) is 2.51. The van der Waals surface area contributed by atoms with Gasteiger partial charge in [-0.3, -0.25) is 9.98 Å². The molecule has 0 saturated heterocycles. The largest absolute Gasteiger partial charge is 0.497 e. The molecular weight excluding hydrogens is 334 g/mol. The normalized spacial score (nSPS) is 10.4. The quantitative estimate of drug-likeness (QED) is 0.348. The summed E-state index contributed by atoms with van der Waals surface area (Å²) in [7, 11) is 1.63. The van der Waals surface area contributed by atoms with Crippen LogP contribution in [-0.2, 0) is 6.54 Å². The molecule has 0 fully saturated rings. The summed E-state index contributed by atoms with van der Waals surface area (Å²) in [6.45, 7) is 0.520. The smallest absolute Gasteiger partial charge is 0.118 e. The topological polar surface area (TPSA) is 83.2 Å². The van der Waals surface area contributed by atoms with Gasteiger partial charge in [-0.2, -0.15) is 0 Å². The number of rotatable bonds is 5. The number of methoxy groups -OCH3 is 1. The zero-order valence-corrected chi connectivity index (χ0v) is 12.9. The molecular formula is C14H12BrN5O. The number of nitrogens with zero attached hydrogens (tertiary/aromatic N) is 5. The van der Waals surface area contributed by atoms with Gasteiger partial charge in [0.2, 0.25) is 0 Å². The molecule has 1 aromatic carbocycles. The van der Waals surface area contributed by atoms with Crippen molar-refractivity contribution in [2.24, 2.45) is 10.1 Å². The molecule has 0 amide bonds. The molecule has 0 aliphatic rings. The number of pyridine rings is 1. The number of aliphatic imine (C=N–C) groups is 1. The maximum Gasteiger partial charge on any atom is 0.118 e. The van der Waals surface area contributed by atoms with Crippen molar-refractivity contribution >= 4 is 27.8 Å². The Morgan fingerprint density at radius 1 is 1.33 bits per heavy atom. The van der Waals surface area contributed by atoms with E-state index in [-0.39, 0.29) is 0 Å². The van der Waals surface area contributed by atoms with Gasteiger partial charge in [-0.05, 0) is 39.2 Å². The highest BCUT2D eigenvalue weighted by Gasteiger charge is 2.03. The van der Waals surface area contributed by atoms with Gasteiger partial charge in [0, 0.05) is 33.6 Å². The van der Waals surface area contributed by atoms with E-state index in [1.54, 1.807) is 25.7 Å². The van der Waals surface area contributed by atoms with E-state index in [1.165, 1.54) is 0 Å². The van der Waals surface area contributed by atoms with Crippen LogP contribution in [0.2, 0.25) is 0 Å². The van der Waals surface area contributed by atoms with Crippen molar-refractivity contribution in [3.05, 3.63) is 62.7 Å². The van der Waals surface area contributed by atoms with Crippen LogP contribution in [-0.4, -0.2) is 18.3 Å². The summed E-state index contributed by atoms with van der Waals surface area (Å²) < 4.78 is 5.73. The zero-order valence-electron chi connectivity index (χ0n) is 11.3. The molecule has 0 atom stereocenters. The van der Waals surface area contributed by atoms with Crippen LogP contribution >= 0.6 is 15.9 Å². The molecule has 7 heteroatoms. The predicted octanol–water partition coefficient (Wildman–Crippen LogP) is 4.41. The van der Waals surface area contributed by atoms with E-state index in [4.69, 9.17) is 10.3 Å². The highest BCUT2D eigenvalue weighted by atomic mass is 79.9. The number of halogens is 1. The lowest BCUT2D eigenvalue weighted by atomic mass is 10.2. The predicted molar refractivity (Wildman–Crippen MR) is 85.0 cm³/mol. The lowest BCUT2D eigenvalue weighted by Gasteiger charge is -2.02. The minimum atomic E-state index is 0.478. The van der Waals surface area contributed by atoms with Gasteiger partial charge in [0.05, 0.1) is 19.3 Å². The van der Waals surface area contributed by atoms with Crippen LogP contribution in [0.5, 0.6) is 5.75 Å². The minimum Gasteiger partial charge on any atom is -0.497 e. The first-order chi connectivity index (χ1) is 10.2. The molecule has 0 radical (unpaired) electrons. The van der Waals surface area contributed by atoms with E-state index in [2.05, 4.69) is 35.9 Å². The van der Waals surface area contributed by atoms with Gasteiger partial charge in [0.1, 0.15) is 5.75 Å². The first kappa shape index (κ1) is 15.0. The number of aromatic nitrogens is 1. The van der Waals surface area contributed by atoms with Crippen molar-refractivity contribution in [3.8, 4) is 5.75 Å². The van der Waals surface area contributed by atoms with Crippen molar-refractivity contribution in [1.82, 2.24) is 4.98 Å². The molecule has 0 aliphatic carbocycles. The zero-order chi connectivity index (χ0) is 15.1. The monoisotopic (exact) mass is 345 g/mol. The molecule has 2 rings (SSSR count). The van der Waals surface area contributed by atoms with Gasteiger partial charge < -0.3 is 4.74 Å². The Morgan fingerprint density at radius 3 is 2.76 bits per heavy atom. The molecule has 0 aliphatic heterocycles. The molecule has 1 heterocycles. The molecule has 0 N–H and O–H groups in total. The first-order valence-corrected chi connectivity index (χ1v) is 6.85. The molecule has 0 unspecified atom stereocenters. The average molecular weight is 346 g/mol. The van der Waals surface area contributed by atoms with Crippen molar-refractivity contribution < 1.29 is 4.74 Å². The summed E-state index contributed by atoms with van der Waals surface area (Å²) in [6, 6.07) is 7.67. The van der Waals surface area contributed by atoms with Crippen LogP contribution in [0.15, 0.2) is 51.2 Å². The fraction of sp³-hybridized carbons (Fsp3) is 0.143. The van der Waals surface area contributed by atoms with E-state index in [9.17, 15) is 0 Å². The van der Waals surface area contributed by atoms with Crippen molar-refractivity contribution in [2.75, 3.05) is 7.11 Å². The number of hydrogen-bond acceptors (Lipinski definition) is 4. The van der Waals surface area contributed by atoms with Crippen LogP contribution in [0, 0.1) is 0 Å². The number of azide groups is 1. The molecule has 21 heavy (non-hydrogen) atoms. The van der Waals surface area contributed by atoms with Gasteiger partial charge in [0.25, 0.3) is 0 Å². The van der Waals surface area contributed by atoms with Crippen LogP contribution in [0.4, 0.5) is 5.69 Å². The highest BCUT2D eigenvalue weighted by Crippen LogP contribution is 2.27. The van der Waals surface area contributed by atoms with E-state index >= 15 is 0 Å². The molecule has 6 nitrogen and oxygen atoms in total. The van der Waals surface area contributed by atoms with E-state index in [0.29, 0.717) is 22.3 Å². The minimum absolute atomic E-state index is 0.478. The summed E-state index contributed by atoms with van der Waals surface area (Å²) in [5, 5.41) is 3.64. The Balaban J connectivity index is 2.14. The van der Waals surface area contributed by atoms with Gasteiger partial charge in [-0.15, -0.1) is 0 Å². The van der Waals surface area contributed by atoms with Crippen LogP contribution in [0.1, 0.15) is 11.1 Å². The third-order valence-electron chi connectivity index (χ3n) is 2.71. The second kappa shape index (κ2) is 7.42. The van der Waals surface area contributed by atoms with Crippen molar-refractivity contribution in [3.63, 3.8) is 0 Å². The fourth-order valence-corrected chi connectivity index (χ4v) is 2.09. The standard InChI is InChI=1S/C14H12BrN5O/c1-21-12-4-2-10(3-5-12)6-17-7-11-8-18-9-13(15)14(11)19-20-16/h2-5,7-9H,6H2,1H3/b17-7+. The summed E-state index contributed by atoms with van der Waals surface area (Å²) in [4.78, 5) is 11.2. The SMILES string of the molecule is COc1ccc(C/N=C/c2cncc(Br)c2N=[N+]=[N-])cc1. The number of benzene rings is 1. The Bertz CT molecular complexity index is 693. The third-order valence-corrected chi connectivity index (χ3v) is 3.29. The molecule has 2 aromatic rings. The molecule has 106 valence electrons. The van der Waals surface area contributed by atoms with E-state index in [1.807, 2.05) is 24.3 Å². The maximum absolute atomic E-state index is 8.58. The third kappa shape index (κ3) is 4.05. The lowest BCUT2D eigenvalue weighted by molar-refractivity contribution is 0.414. The lowest BCUT2D eigenvalue weighted by Crippen LogP contribution is -1.88. The van der Waals surface area contributed by atoms with Crippen molar-refractivity contribution in [2.45, 2.75) is 6.54 Å². The van der Waals surface area contributed by atoms with E-state index in [0.717, 1.165) is 11.3 Å². The van der Waals surface area contributed by atoms with Crippen LogP contribution in [0.25, 0.3) is 10.4 Å². The molecule has 1 aromatic heterocycles. The maximum atomic E-state index is 8.58. The van der Waals surface area contributed by atoms with Gasteiger partial charge in [-0.1, -0.05) is 17.2 Å². The van der Waals surface area contributed by atoms with Crippen LogP contribution in [0.3, 0.4) is 0 Å². The van der Waals surface area contributed by atoms with Gasteiger partial charge in [-0.25, -0.2) is 0 Å². The number of ether oxygens (including phenoxy) is 1. The Kier molecular flexibility index (Phi) is 5.31. The van der Waals surface area contributed by atoms with Crippen molar-refractivity contribution in [1.29, 1.82) is 0 Å². The summed E-state index contributed by atoms with van der Waals surface area (Å²) >= 11 is 3.30. The highest BCUT2D eigenvalue weighted by molar-refractivity contribution is 9.10. The van der Waals surface area contributed by atoms with Crippen LogP contribution < -0.4 is 4.74 Å². The fourth-order valence-electron chi connectivity index (χ4n) is 1.67. The molecule has 0 spiro atoms. The number of hydrogen-bond donors (Lipinski definition) is 0. The molecule has 0 saturated carbocycles. The molecule has 0 bridgehead atoms. The van der Waals surface area contributed by atoms with Gasteiger partial charge >= 0.3 is 0 Å². The second-order valence-electron chi connectivity index (χ2n) is 4.07. The Hall–Kier alpha value is -2.37. The Morgan fingerprint density at radius 2 is 2.10 bits per heavy atom.